The van der Waals surface area contributed by atoms with Crippen LogP contribution in [-0.4, -0.2) is 4.98 Å². The van der Waals surface area contributed by atoms with E-state index in [-0.39, 0.29) is 0 Å². The largest absolute Gasteiger partial charge is 0.258 e. The van der Waals surface area contributed by atoms with Crippen molar-refractivity contribution in [3.05, 3.63) is 29.1 Å². The molecule has 1 saturated carbocycles. The van der Waals surface area contributed by atoms with Crippen LogP contribution in [0.4, 0.5) is 0 Å². The third kappa shape index (κ3) is 4.96. The summed E-state index contributed by atoms with van der Waals surface area (Å²) in [6.45, 7) is 12.2. The molecule has 0 atom stereocenters. The van der Waals surface area contributed by atoms with Crippen LogP contribution in [0.1, 0.15) is 63.4 Å². The second kappa shape index (κ2) is 7.44. The van der Waals surface area contributed by atoms with Gasteiger partial charge in [0.1, 0.15) is 0 Å². The van der Waals surface area contributed by atoms with Gasteiger partial charge in [-0.3, -0.25) is 4.98 Å². The summed E-state index contributed by atoms with van der Waals surface area (Å²) in [5.41, 5.74) is 3.81. The highest BCUT2D eigenvalue weighted by Crippen LogP contribution is 2.39. The van der Waals surface area contributed by atoms with Gasteiger partial charge in [0, 0.05) is 17.3 Å². The molecule has 1 aliphatic rings. The van der Waals surface area contributed by atoms with Crippen LogP contribution in [0.25, 0.3) is 0 Å². The van der Waals surface area contributed by atoms with Crippen molar-refractivity contribution < 1.29 is 0 Å². The Bertz CT molecular complexity index is 254. The molecule has 1 heteroatoms. The summed E-state index contributed by atoms with van der Waals surface area (Å²) >= 11 is 0. The summed E-state index contributed by atoms with van der Waals surface area (Å²) in [6.07, 6.45) is 2.69. The summed E-state index contributed by atoms with van der Waals surface area (Å²) in [7, 11) is 0. The van der Waals surface area contributed by atoms with Crippen molar-refractivity contribution in [2.75, 3.05) is 0 Å². The average Bonchev–Trinajstić information content (AvgIpc) is 3.06. The lowest BCUT2D eigenvalue weighted by molar-refractivity contribution is 0.986. The number of hydrogen-bond donors (Lipinski definition) is 0. The first-order chi connectivity index (χ1) is 7.25. The molecule has 15 heavy (non-hydrogen) atoms. The number of rotatable bonds is 1. The van der Waals surface area contributed by atoms with Gasteiger partial charge in [-0.2, -0.15) is 0 Å². The SMILES string of the molecule is CC.CC.Cc1cc(C)nc(C2CC2)c1. The maximum absolute atomic E-state index is 4.50. The fourth-order valence-electron chi connectivity index (χ4n) is 1.46. The molecule has 1 fully saturated rings. The maximum atomic E-state index is 4.50. The van der Waals surface area contributed by atoms with E-state index >= 15 is 0 Å². The monoisotopic (exact) mass is 207 g/mol. The minimum atomic E-state index is 0.786. The lowest BCUT2D eigenvalue weighted by atomic mass is 10.2. The zero-order valence-corrected chi connectivity index (χ0v) is 11.1. The second-order valence-corrected chi connectivity index (χ2v) is 3.49. The zero-order valence-electron chi connectivity index (χ0n) is 11.1. The molecule has 86 valence electrons. The molecule has 2 rings (SSSR count). The van der Waals surface area contributed by atoms with Gasteiger partial charge in [-0.25, -0.2) is 0 Å². The normalized spacial score (nSPS) is 13.2. The number of aryl methyl sites for hydroxylation is 2. The molecule has 1 aliphatic carbocycles. The zero-order chi connectivity index (χ0) is 11.8. The van der Waals surface area contributed by atoms with Crippen molar-refractivity contribution in [1.82, 2.24) is 4.98 Å². The highest BCUT2D eigenvalue weighted by Gasteiger charge is 2.24. The number of hydrogen-bond acceptors (Lipinski definition) is 1. The van der Waals surface area contributed by atoms with Crippen molar-refractivity contribution in [3.63, 3.8) is 0 Å². The first kappa shape index (κ1) is 14.2. The molecule has 0 bridgehead atoms. The van der Waals surface area contributed by atoms with Gasteiger partial charge < -0.3 is 0 Å². The fourth-order valence-corrected chi connectivity index (χ4v) is 1.46. The van der Waals surface area contributed by atoms with E-state index in [0.717, 1.165) is 11.6 Å². The molecule has 1 nitrogen and oxygen atoms in total. The van der Waals surface area contributed by atoms with Crippen LogP contribution in [0.2, 0.25) is 0 Å². The van der Waals surface area contributed by atoms with E-state index in [1.54, 1.807) is 0 Å². The van der Waals surface area contributed by atoms with E-state index in [4.69, 9.17) is 0 Å². The Hall–Kier alpha value is -0.850. The lowest BCUT2D eigenvalue weighted by Crippen LogP contribution is -1.90. The molecule has 0 N–H and O–H groups in total. The van der Waals surface area contributed by atoms with Crippen molar-refractivity contribution in [1.29, 1.82) is 0 Å². The van der Waals surface area contributed by atoms with Crippen LogP contribution in [0.15, 0.2) is 12.1 Å². The molecule has 0 aliphatic heterocycles. The second-order valence-electron chi connectivity index (χ2n) is 3.49. The molecule has 0 saturated heterocycles. The number of nitrogens with zero attached hydrogens (tertiary/aromatic N) is 1. The first-order valence-corrected chi connectivity index (χ1v) is 6.21. The molecule has 1 aromatic rings. The topological polar surface area (TPSA) is 12.9 Å². The smallest absolute Gasteiger partial charge is 0.0440 e. The molecule has 0 amide bonds. The van der Waals surface area contributed by atoms with E-state index in [9.17, 15) is 0 Å². The van der Waals surface area contributed by atoms with Crippen LogP contribution in [-0.2, 0) is 0 Å². The highest BCUT2D eigenvalue weighted by atomic mass is 14.7. The van der Waals surface area contributed by atoms with Gasteiger partial charge in [0.15, 0.2) is 0 Å². The van der Waals surface area contributed by atoms with Gasteiger partial charge in [0.25, 0.3) is 0 Å². The van der Waals surface area contributed by atoms with Crippen LogP contribution in [0, 0.1) is 13.8 Å². The lowest BCUT2D eigenvalue weighted by Gasteiger charge is -2.00. The van der Waals surface area contributed by atoms with Gasteiger partial charge >= 0.3 is 0 Å². The molecular weight excluding hydrogens is 182 g/mol. The molecule has 0 spiro atoms. The van der Waals surface area contributed by atoms with E-state index in [2.05, 4.69) is 31.0 Å². The van der Waals surface area contributed by atoms with Crippen molar-refractivity contribution in [2.45, 2.75) is 60.3 Å². The van der Waals surface area contributed by atoms with E-state index in [1.165, 1.54) is 24.1 Å². The Kier molecular flexibility index (Phi) is 7.02. The average molecular weight is 207 g/mol. The standard InChI is InChI=1S/C10H13N.2C2H6/c1-7-5-8(2)11-10(6-7)9-3-4-9;2*1-2/h5-6,9H,3-4H2,1-2H3;2*1-2H3. The summed E-state index contributed by atoms with van der Waals surface area (Å²) in [5, 5.41) is 0. The third-order valence-electron chi connectivity index (χ3n) is 2.11. The van der Waals surface area contributed by atoms with Crippen molar-refractivity contribution in [3.8, 4) is 0 Å². The van der Waals surface area contributed by atoms with Crippen LogP contribution >= 0.6 is 0 Å². The quantitative estimate of drug-likeness (QED) is 0.654. The number of aromatic nitrogens is 1. The van der Waals surface area contributed by atoms with Gasteiger partial charge in [-0.15, -0.1) is 0 Å². The fraction of sp³-hybridized carbons (Fsp3) is 0.643. The van der Waals surface area contributed by atoms with Crippen molar-refractivity contribution in [2.24, 2.45) is 0 Å². The molecule has 1 heterocycles. The Balaban J connectivity index is 0.000000442. The summed E-state index contributed by atoms with van der Waals surface area (Å²) < 4.78 is 0. The van der Waals surface area contributed by atoms with Crippen LogP contribution in [0.5, 0.6) is 0 Å². The molecule has 0 radical (unpaired) electrons. The van der Waals surface area contributed by atoms with Crippen LogP contribution < -0.4 is 0 Å². The summed E-state index contributed by atoms with van der Waals surface area (Å²) in [4.78, 5) is 4.50. The van der Waals surface area contributed by atoms with Gasteiger partial charge in [-0.05, 0) is 44.4 Å². The Morgan fingerprint density at radius 2 is 1.53 bits per heavy atom. The highest BCUT2D eigenvalue weighted by molar-refractivity contribution is 5.24. The predicted octanol–water partition coefficient (Wildman–Crippen LogP) is 4.63. The minimum absolute atomic E-state index is 0.786. The Labute approximate surface area is 94.9 Å². The molecule has 0 aromatic carbocycles. The van der Waals surface area contributed by atoms with E-state index in [0.29, 0.717) is 0 Å². The summed E-state index contributed by atoms with van der Waals surface area (Å²) in [5.74, 6) is 0.786. The number of pyridine rings is 1. The van der Waals surface area contributed by atoms with Crippen LogP contribution in [0.3, 0.4) is 0 Å². The van der Waals surface area contributed by atoms with Gasteiger partial charge in [-0.1, -0.05) is 27.7 Å². The maximum Gasteiger partial charge on any atom is 0.0440 e. The molecular formula is C14H25N. The van der Waals surface area contributed by atoms with E-state index in [1.807, 2.05) is 27.7 Å². The summed E-state index contributed by atoms with van der Waals surface area (Å²) in [6, 6.07) is 4.34. The van der Waals surface area contributed by atoms with E-state index < -0.39 is 0 Å². The third-order valence-corrected chi connectivity index (χ3v) is 2.11. The van der Waals surface area contributed by atoms with Crippen molar-refractivity contribution >= 4 is 0 Å². The van der Waals surface area contributed by atoms with Gasteiger partial charge in [0.05, 0.1) is 0 Å². The Morgan fingerprint density at radius 3 is 1.93 bits per heavy atom. The Morgan fingerprint density at radius 1 is 1.00 bits per heavy atom. The molecule has 1 aromatic heterocycles. The first-order valence-electron chi connectivity index (χ1n) is 6.21. The predicted molar refractivity (Wildman–Crippen MR) is 68.4 cm³/mol. The molecule has 0 unspecified atom stereocenters. The minimum Gasteiger partial charge on any atom is -0.258 e. The van der Waals surface area contributed by atoms with Gasteiger partial charge in [0.2, 0.25) is 0 Å².